The lowest BCUT2D eigenvalue weighted by Gasteiger charge is -2.02. The lowest BCUT2D eigenvalue weighted by atomic mass is 10.1. The molecule has 1 aromatic rings. The van der Waals surface area contributed by atoms with Gasteiger partial charge in [-0.3, -0.25) is 4.98 Å². The predicted octanol–water partition coefficient (Wildman–Crippen LogP) is 5.16. The fraction of sp³-hybridized carbons (Fsp3) is 0.125. The molecule has 116 valence electrons. The average molecular weight is 401 g/mol. The van der Waals surface area contributed by atoms with Gasteiger partial charge in [-0.2, -0.15) is 12.6 Å². The number of aromatic carboxylic acids is 1. The Morgan fingerprint density at radius 1 is 1.36 bits per heavy atom. The molecule has 3 nitrogen and oxygen atoms in total. The minimum atomic E-state index is -1.05. The third-order valence-electron chi connectivity index (χ3n) is 2.64. The summed E-state index contributed by atoms with van der Waals surface area (Å²) in [5, 5.41) is 9.45. The van der Waals surface area contributed by atoms with Crippen LogP contribution in [0.3, 0.4) is 0 Å². The molecule has 1 heterocycles. The van der Waals surface area contributed by atoms with Crippen molar-refractivity contribution >= 4 is 52.2 Å². The Hall–Kier alpha value is -1.30. The van der Waals surface area contributed by atoms with Crippen LogP contribution in [0, 0.1) is 0 Å². The summed E-state index contributed by atoms with van der Waals surface area (Å²) in [6.07, 6.45) is 15.2. The number of nitrogens with zero attached hydrogens (tertiary/aromatic N) is 1. The molecule has 0 aliphatic heterocycles. The number of carbonyl (C=O) groups is 1. The first-order valence-corrected chi connectivity index (χ1v) is 8.36. The monoisotopic (exact) mass is 399 g/mol. The molecule has 0 saturated carbocycles. The van der Waals surface area contributed by atoms with Crippen molar-refractivity contribution in [1.29, 1.82) is 0 Å². The van der Waals surface area contributed by atoms with Crippen molar-refractivity contribution in [3.63, 3.8) is 0 Å². The van der Waals surface area contributed by atoms with Gasteiger partial charge in [0.2, 0.25) is 0 Å². The van der Waals surface area contributed by atoms with E-state index in [1.165, 1.54) is 12.3 Å². The van der Waals surface area contributed by atoms with Gasteiger partial charge in [0, 0.05) is 12.6 Å². The van der Waals surface area contributed by atoms with E-state index in [9.17, 15) is 4.79 Å². The third kappa shape index (κ3) is 5.83. The van der Waals surface area contributed by atoms with E-state index in [0.717, 1.165) is 16.5 Å². The molecular weight excluding hydrogens is 386 g/mol. The van der Waals surface area contributed by atoms with Gasteiger partial charge in [0.25, 0.3) is 0 Å². The molecule has 1 aliphatic rings. The van der Waals surface area contributed by atoms with Crippen LogP contribution in [0.15, 0.2) is 52.7 Å². The predicted molar refractivity (Wildman–Crippen MR) is 99.0 cm³/mol. The Morgan fingerprint density at radius 2 is 2.05 bits per heavy atom. The Labute approximate surface area is 148 Å². The Morgan fingerprint density at radius 3 is 2.73 bits per heavy atom. The van der Waals surface area contributed by atoms with E-state index in [4.69, 9.17) is 16.7 Å². The standard InChI is InChI=1S/C15H11BrClNO2.CH4S/c16-11-4-2-1-3-10(7-11)5-6-14-13(15(19)20)8-12(17)9-18-14;1-2/h1-6,8-9H,7H2,(H,19,20);2H,1H3/b6-5+;. The molecule has 0 atom stereocenters. The molecule has 0 unspecified atom stereocenters. The second-order valence-electron chi connectivity index (χ2n) is 4.14. The summed E-state index contributed by atoms with van der Waals surface area (Å²) in [5.41, 5.74) is 1.53. The lowest BCUT2D eigenvalue weighted by molar-refractivity contribution is 0.0696. The van der Waals surface area contributed by atoms with Crippen LogP contribution in [0.1, 0.15) is 22.5 Å². The Balaban J connectivity index is 0.00000116. The van der Waals surface area contributed by atoms with E-state index in [0.29, 0.717) is 10.7 Å². The number of carboxylic acids is 1. The van der Waals surface area contributed by atoms with E-state index >= 15 is 0 Å². The zero-order chi connectivity index (χ0) is 16.5. The lowest BCUT2D eigenvalue weighted by Crippen LogP contribution is -2.01. The highest BCUT2D eigenvalue weighted by atomic mass is 79.9. The van der Waals surface area contributed by atoms with Crippen molar-refractivity contribution in [2.24, 2.45) is 0 Å². The number of allylic oxidation sites excluding steroid dienone is 7. The number of hydrogen-bond donors (Lipinski definition) is 2. The number of rotatable bonds is 3. The fourth-order valence-corrected chi connectivity index (χ4v) is 2.34. The summed E-state index contributed by atoms with van der Waals surface area (Å²) in [7, 11) is 0. The average Bonchev–Trinajstić information content (AvgIpc) is 2.72. The van der Waals surface area contributed by atoms with Gasteiger partial charge >= 0.3 is 5.97 Å². The van der Waals surface area contributed by atoms with Gasteiger partial charge in [-0.05, 0) is 28.5 Å². The molecule has 0 aromatic carbocycles. The van der Waals surface area contributed by atoms with E-state index in [1.807, 2.05) is 30.4 Å². The smallest absolute Gasteiger partial charge is 0.337 e. The molecule has 0 amide bonds. The van der Waals surface area contributed by atoms with Crippen LogP contribution in [0.2, 0.25) is 5.02 Å². The van der Waals surface area contributed by atoms with Crippen molar-refractivity contribution in [2.45, 2.75) is 6.42 Å². The molecular formula is C16H15BrClNO2S. The molecule has 0 bridgehead atoms. The summed E-state index contributed by atoms with van der Waals surface area (Å²) < 4.78 is 1.06. The van der Waals surface area contributed by atoms with Gasteiger partial charge in [-0.25, -0.2) is 4.79 Å². The zero-order valence-corrected chi connectivity index (χ0v) is 15.1. The van der Waals surface area contributed by atoms with Gasteiger partial charge in [0.05, 0.1) is 16.3 Å². The molecule has 0 radical (unpaired) electrons. The molecule has 6 heteroatoms. The summed E-state index contributed by atoms with van der Waals surface area (Å²) >= 11 is 12.8. The van der Waals surface area contributed by atoms with Crippen LogP contribution in [0.25, 0.3) is 6.08 Å². The molecule has 1 N–H and O–H groups in total. The molecule has 22 heavy (non-hydrogen) atoms. The number of pyridine rings is 1. The summed E-state index contributed by atoms with van der Waals surface area (Å²) in [5.74, 6) is -1.05. The number of halogens is 2. The highest BCUT2D eigenvalue weighted by molar-refractivity contribution is 9.11. The number of hydrogen-bond acceptors (Lipinski definition) is 3. The molecule has 0 spiro atoms. The minimum Gasteiger partial charge on any atom is -0.478 e. The Bertz CT molecular complexity index is 666. The SMILES string of the molecule is CS.O=C(O)c1cc(Cl)cnc1/C=C/C1=CC=CC=C(Br)C1. The van der Waals surface area contributed by atoms with Crippen LogP contribution >= 0.6 is 40.2 Å². The van der Waals surface area contributed by atoms with Gasteiger partial charge in [0.1, 0.15) is 0 Å². The maximum Gasteiger partial charge on any atom is 0.337 e. The molecule has 2 rings (SSSR count). The topological polar surface area (TPSA) is 50.2 Å². The summed E-state index contributed by atoms with van der Waals surface area (Å²) in [4.78, 5) is 15.2. The van der Waals surface area contributed by atoms with Crippen molar-refractivity contribution in [1.82, 2.24) is 4.98 Å². The van der Waals surface area contributed by atoms with Crippen molar-refractivity contribution in [3.05, 3.63) is 69.0 Å². The van der Waals surface area contributed by atoms with Crippen molar-refractivity contribution < 1.29 is 9.90 Å². The van der Waals surface area contributed by atoms with Gasteiger partial charge in [0.15, 0.2) is 0 Å². The number of thiol groups is 1. The summed E-state index contributed by atoms with van der Waals surface area (Å²) in [6.45, 7) is 0. The zero-order valence-electron chi connectivity index (χ0n) is 11.8. The fourth-order valence-electron chi connectivity index (χ4n) is 1.71. The van der Waals surface area contributed by atoms with E-state index in [2.05, 4.69) is 33.5 Å². The first kappa shape index (κ1) is 18.7. The normalized spacial score (nSPS) is 13.8. The van der Waals surface area contributed by atoms with Crippen molar-refractivity contribution in [3.8, 4) is 0 Å². The largest absolute Gasteiger partial charge is 0.478 e. The van der Waals surface area contributed by atoms with Crippen LogP contribution in [-0.4, -0.2) is 22.3 Å². The van der Waals surface area contributed by atoms with Gasteiger partial charge in [-0.1, -0.05) is 57.9 Å². The van der Waals surface area contributed by atoms with E-state index < -0.39 is 5.97 Å². The number of carboxylic acid groups (broad SMARTS) is 1. The molecule has 1 aromatic heterocycles. The Kier molecular flexibility index (Phi) is 8.24. The van der Waals surface area contributed by atoms with Gasteiger partial charge < -0.3 is 5.11 Å². The maximum absolute atomic E-state index is 11.2. The highest BCUT2D eigenvalue weighted by Gasteiger charge is 2.10. The first-order chi connectivity index (χ1) is 10.6. The minimum absolute atomic E-state index is 0.0909. The van der Waals surface area contributed by atoms with Crippen molar-refractivity contribution in [2.75, 3.05) is 6.26 Å². The molecule has 1 aliphatic carbocycles. The quantitative estimate of drug-likeness (QED) is 0.689. The van der Waals surface area contributed by atoms with E-state index in [1.54, 1.807) is 12.3 Å². The third-order valence-corrected chi connectivity index (χ3v) is 3.39. The maximum atomic E-state index is 11.2. The van der Waals surface area contributed by atoms with E-state index in [-0.39, 0.29) is 5.56 Å². The van der Waals surface area contributed by atoms with Gasteiger partial charge in [-0.15, -0.1) is 0 Å². The second-order valence-corrected chi connectivity index (χ2v) is 5.60. The van der Waals surface area contributed by atoms with Crippen LogP contribution in [0.4, 0.5) is 0 Å². The first-order valence-electron chi connectivity index (χ1n) is 6.30. The summed E-state index contributed by atoms with van der Waals surface area (Å²) in [6, 6.07) is 1.40. The van der Waals surface area contributed by atoms with Crippen LogP contribution in [0.5, 0.6) is 0 Å². The molecule has 0 fully saturated rings. The van der Waals surface area contributed by atoms with Crippen LogP contribution in [-0.2, 0) is 0 Å². The van der Waals surface area contributed by atoms with Crippen LogP contribution < -0.4 is 0 Å². The highest BCUT2D eigenvalue weighted by Crippen LogP contribution is 2.22. The number of aromatic nitrogens is 1. The molecule has 0 saturated heterocycles. The second kappa shape index (κ2) is 9.66.